The molecule has 3 aromatic carbocycles. The summed E-state index contributed by atoms with van der Waals surface area (Å²) in [5.41, 5.74) is 1.44. The van der Waals surface area contributed by atoms with Gasteiger partial charge in [-0.3, -0.25) is 4.79 Å². The molecular formula is C23H25NO4. The second-order valence-corrected chi connectivity index (χ2v) is 6.74. The van der Waals surface area contributed by atoms with Crippen molar-refractivity contribution in [3.8, 4) is 17.2 Å². The molecule has 0 radical (unpaired) electrons. The number of methoxy groups -OCH3 is 2. The Bertz CT molecular complexity index is 983. The Labute approximate surface area is 165 Å². The van der Waals surface area contributed by atoms with Crippen LogP contribution in [0.2, 0.25) is 0 Å². The zero-order valence-electron chi connectivity index (χ0n) is 16.4. The molecule has 3 aromatic rings. The number of amides is 1. The van der Waals surface area contributed by atoms with Crippen LogP contribution >= 0.6 is 0 Å². The molecule has 5 heteroatoms. The Kier molecular flexibility index (Phi) is 6.04. The molecule has 0 unspecified atom stereocenters. The summed E-state index contributed by atoms with van der Waals surface area (Å²) in [5.74, 6) is 1.22. The van der Waals surface area contributed by atoms with Crippen LogP contribution in [0, 0.1) is 0 Å². The summed E-state index contributed by atoms with van der Waals surface area (Å²) < 4.78 is 10.6. The van der Waals surface area contributed by atoms with Gasteiger partial charge in [-0.15, -0.1) is 0 Å². The predicted octanol–water partition coefficient (Wildman–Crippen LogP) is 4.27. The number of aryl methyl sites for hydroxylation is 1. The van der Waals surface area contributed by atoms with E-state index >= 15 is 0 Å². The number of phenols is 1. The number of aromatic hydroxyl groups is 1. The van der Waals surface area contributed by atoms with Crippen LogP contribution in [0.4, 0.5) is 0 Å². The average Bonchev–Trinajstić information content (AvgIpc) is 2.72. The summed E-state index contributed by atoms with van der Waals surface area (Å²) in [7, 11) is 4.98. The first-order valence-electron chi connectivity index (χ1n) is 9.21. The van der Waals surface area contributed by atoms with Crippen molar-refractivity contribution in [1.29, 1.82) is 0 Å². The van der Waals surface area contributed by atoms with E-state index in [1.165, 1.54) is 0 Å². The van der Waals surface area contributed by atoms with Crippen molar-refractivity contribution >= 4 is 16.7 Å². The number of rotatable bonds is 7. The Morgan fingerprint density at radius 2 is 1.64 bits per heavy atom. The van der Waals surface area contributed by atoms with Gasteiger partial charge in [0.15, 0.2) is 11.5 Å². The lowest BCUT2D eigenvalue weighted by Crippen LogP contribution is -2.28. The Hall–Kier alpha value is -3.21. The van der Waals surface area contributed by atoms with E-state index in [2.05, 4.69) is 0 Å². The number of fused-ring (bicyclic) bond motifs is 1. The fraction of sp³-hybridized carbons (Fsp3) is 0.261. The molecule has 0 saturated carbocycles. The van der Waals surface area contributed by atoms with Gasteiger partial charge in [0.2, 0.25) is 0 Å². The van der Waals surface area contributed by atoms with E-state index in [9.17, 15) is 9.90 Å². The molecule has 28 heavy (non-hydrogen) atoms. The van der Waals surface area contributed by atoms with Gasteiger partial charge in [0.05, 0.1) is 19.8 Å². The largest absolute Gasteiger partial charge is 0.507 e. The Balaban J connectivity index is 1.64. The van der Waals surface area contributed by atoms with Crippen LogP contribution in [-0.2, 0) is 6.42 Å². The van der Waals surface area contributed by atoms with E-state index in [1.54, 1.807) is 38.3 Å². The number of hydrogen-bond donors (Lipinski definition) is 1. The molecule has 1 amide bonds. The summed E-state index contributed by atoms with van der Waals surface area (Å²) in [6, 6.07) is 16.9. The van der Waals surface area contributed by atoms with Gasteiger partial charge in [-0.05, 0) is 53.4 Å². The SMILES string of the molecule is COc1ccc(CCCN(C)C(=O)c2cc3ccccc3cc2O)cc1OC. The van der Waals surface area contributed by atoms with Crippen LogP contribution in [0.5, 0.6) is 17.2 Å². The highest BCUT2D eigenvalue weighted by Crippen LogP contribution is 2.28. The topological polar surface area (TPSA) is 59.0 Å². The molecule has 146 valence electrons. The molecule has 0 aliphatic rings. The minimum absolute atomic E-state index is 0.00967. The molecule has 0 aliphatic carbocycles. The van der Waals surface area contributed by atoms with Crippen LogP contribution in [0.3, 0.4) is 0 Å². The van der Waals surface area contributed by atoms with Crippen LogP contribution in [0.1, 0.15) is 22.3 Å². The molecule has 3 rings (SSSR count). The van der Waals surface area contributed by atoms with Crippen LogP contribution in [-0.4, -0.2) is 43.7 Å². The van der Waals surface area contributed by atoms with Crippen LogP contribution in [0.15, 0.2) is 54.6 Å². The number of carbonyl (C=O) groups is 1. The number of phenolic OH excluding ortho intramolecular Hbond substituents is 1. The van der Waals surface area contributed by atoms with Crippen molar-refractivity contribution in [3.63, 3.8) is 0 Å². The molecule has 0 bridgehead atoms. The Morgan fingerprint density at radius 3 is 2.32 bits per heavy atom. The summed E-state index contributed by atoms with van der Waals surface area (Å²) in [6.45, 7) is 0.583. The minimum Gasteiger partial charge on any atom is -0.507 e. The second-order valence-electron chi connectivity index (χ2n) is 6.74. The van der Waals surface area contributed by atoms with E-state index in [0.717, 1.165) is 29.2 Å². The van der Waals surface area contributed by atoms with Crippen LogP contribution < -0.4 is 9.47 Å². The smallest absolute Gasteiger partial charge is 0.257 e. The van der Waals surface area contributed by atoms with E-state index in [-0.39, 0.29) is 11.7 Å². The highest BCUT2D eigenvalue weighted by molar-refractivity contribution is 6.01. The number of ether oxygens (including phenoxy) is 2. The maximum atomic E-state index is 12.8. The predicted molar refractivity (Wildman–Crippen MR) is 110 cm³/mol. The van der Waals surface area contributed by atoms with Gasteiger partial charge >= 0.3 is 0 Å². The monoisotopic (exact) mass is 379 g/mol. The quantitative estimate of drug-likeness (QED) is 0.666. The standard InChI is InChI=1S/C23H25NO4/c1-24(12-6-7-16-10-11-21(27-2)22(13-16)28-3)23(26)19-14-17-8-4-5-9-18(17)15-20(19)25/h4-5,8-11,13-15,25H,6-7,12H2,1-3H3. The lowest BCUT2D eigenvalue weighted by atomic mass is 10.0. The molecule has 1 N–H and O–H groups in total. The molecule has 0 fully saturated rings. The fourth-order valence-corrected chi connectivity index (χ4v) is 3.26. The summed E-state index contributed by atoms with van der Waals surface area (Å²) in [6.07, 6.45) is 1.60. The molecule has 0 saturated heterocycles. The van der Waals surface area contributed by atoms with E-state index < -0.39 is 0 Å². The van der Waals surface area contributed by atoms with E-state index in [0.29, 0.717) is 23.6 Å². The number of hydrogen-bond acceptors (Lipinski definition) is 4. The van der Waals surface area contributed by atoms with Crippen molar-refractivity contribution in [1.82, 2.24) is 4.90 Å². The molecule has 0 atom stereocenters. The zero-order valence-corrected chi connectivity index (χ0v) is 16.4. The summed E-state index contributed by atoms with van der Waals surface area (Å²) in [4.78, 5) is 14.4. The minimum atomic E-state index is -0.185. The summed E-state index contributed by atoms with van der Waals surface area (Å²) >= 11 is 0. The highest BCUT2D eigenvalue weighted by atomic mass is 16.5. The van der Waals surface area contributed by atoms with Crippen molar-refractivity contribution in [2.24, 2.45) is 0 Å². The van der Waals surface area contributed by atoms with Gasteiger partial charge in [0.1, 0.15) is 5.75 Å². The van der Waals surface area contributed by atoms with Gasteiger partial charge in [0, 0.05) is 13.6 Å². The number of benzene rings is 3. The molecular weight excluding hydrogens is 354 g/mol. The molecule has 5 nitrogen and oxygen atoms in total. The molecule has 0 aliphatic heterocycles. The normalized spacial score (nSPS) is 10.7. The van der Waals surface area contributed by atoms with Crippen molar-refractivity contribution in [2.75, 3.05) is 27.8 Å². The van der Waals surface area contributed by atoms with Gasteiger partial charge in [-0.1, -0.05) is 30.3 Å². The maximum absolute atomic E-state index is 12.8. The first-order valence-corrected chi connectivity index (χ1v) is 9.21. The lowest BCUT2D eigenvalue weighted by molar-refractivity contribution is 0.0790. The fourth-order valence-electron chi connectivity index (χ4n) is 3.26. The zero-order chi connectivity index (χ0) is 20.1. The first-order chi connectivity index (χ1) is 13.5. The van der Waals surface area contributed by atoms with Gasteiger partial charge in [-0.25, -0.2) is 0 Å². The highest BCUT2D eigenvalue weighted by Gasteiger charge is 2.16. The van der Waals surface area contributed by atoms with Crippen molar-refractivity contribution in [3.05, 3.63) is 65.7 Å². The second kappa shape index (κ2) is 8.65. The third kappa shape index (κ3) is 4.19. The third-order valence-electron chi connectivity index (χ3n) is 4.85. The maximum Gasteiger partial charge on any atom is 0.257 e. The molecule has 0 heterocycles. The number of nitrogens with zero attached hydrogens (tertiary/aromatic N) is 1. The average molecular weight is 379 g/mol. The summed E-state index contributed by atoms with van der Waals surface area (Å²) in [5, 5.41) is 12.1. The lowest BCUT2D eigenvalue weighted by Gasteiger charge is -2.18. The first kappa shape index (κ1) is 19.5. The number of carbonyl (C=O) groups excluding carboxylic acids is 1. The van der Waals surface area contributed by atoms with Gasteiger partial charge in [-0.2, -0.15) is 0 Å². The van der Waals surface area contributed by atoms with E-state index in [4.69, 9.17) is 9.47 Å². The van der Waals surface area contributed by atoms with Gasteiger partial charge < -0.3 is 19.5 Å². The van der Waals surface area contributed by atoms with Crippen molar-refractivity contribution in [2.45, 2.75) is 12.8 Å². The molecule has 0 spiro atoms. The Morgan fingerprint density at radius 1 is 0.964 bits per heavy atom. The molecule has 0 aromatic heterocycles. The van der Waals surface area contributed by atoms with Gasteiger partial charge in [0.25, 0.3) is 5.91 Å². The van der Waals surface area contributed by atoms with Crippen LogP contribution in [0.25, 0.3) is 10.8 Å². The van der Waals surface area contributed by atoms with E-state index in [1.807, 2.05) is 42.5 Å². The van der Waals surface area contributed by atoms with Crippen molar-refractivity contribution < 1.29 is 19.4 Å². The third-order valence-corrected chi connectivity index (χ3v) is 4.85.